The van der Waals surface area contributed by atoms with Gasteiger partial charge in [0.2, 0.25) is 21.8 Å². The summed E-state index contributed by atoms with van der Waals surface area (Å²) in [4.78, 5) is 29.6. The lowest BCUT2D eigenvalue weighted by Gasteiger charge is -2.33. The smallest absolute Gasteiger partial charge is 0.243 e. The van der Waals surface area contributed by atoms with Gasteiger partial charge >= 0.3 is 0 Å². The van der Waals surface area contributed by atoms with Crippen molar-refractivity contribution in [1.29, 1.82) is 0 Å². The summed E-state index contributed by atoms with van der Waals surface area (Å²) < 4.78 is 33.2. The van der Waals surface area contributed by atoms with Crippen LogP contribution in [0, 0.1) is 0 Å². The Labute approximate surface area is 270 Å². The van der Waals surface area contributed by atoms with Crippen LogP contribution in [-0.2, 0) is 32.6 Å². The summed E-state index contributed by atoms with van der Waals surface area (Å²) in [6, 6.07) is 23.7. The molecule has 2 amide bonds. The van der Waals surface area contributed by atoms with Crippen LogP contribution in [0.2, 0.25) is 0 Å². The Morgan fingerprint density at radius 1 is 0.977 bits per heavy atom. The summed E-state index contributed by atoms with van der Waals surface area (Å²) in [6.07, 6.45) is 5.96. The summed E-state index contributed by atoms with van der Waals surface area (Å²) >= 11 is 3.53. The van der Waals surface area contributed by atoms with Crippen LogP contribution in [0.1, 0.15) is 56.6 Å². The number of carbonyl (C=O) groups is 2. The molecule has 0 aliphatic heterocycles. The molecule has 1 aliphatic rings. The molecule has 1 saturated carbocycles. The minimum Gasteiger partial charge on any atom is -0.494 e. The highest BCUT2D eigenvalue weighted by molar-refractivity contribution is 9.10. The van der Waals surface area contributed by atoms with E-state index in [0.29, 0.717) is 24.5 Å². The summed E-state index contributed by atoms with van der Waals surface area (Å²) in [7, 11) is -3.60. The lowest BCUT2D eigenvalue weighted by Crippen LogP contribution is -2.52. The lowest BCUT2D eigenvalue weighted by molar-refractivity contribution is -0.141. The van der Waals surface area contributed by atoms with Gasteiger partial charge in [-0.2, -0.15) is 0 Å². The molecule has 0 spiro atoms. The zero-order valence-corrected chi connectivity index (χ0v) is 27.9. The molecular formula is C34H42BrN3O5S. The van der Waals surface area contributed by atoms with Crippen LogP contribution in [0.4, 0.5) is 5.69 Å². The predicted molar refractivity (Wildman–Crippen MR) is 178 cm³/mol. The van der Waals surface area contributed by atoms with Gasteiger partial charge in [0.1, 0.15) is 11.8 Å². The van der Waals surface area contributed by atoms with Crippen LogP contribution in [0.25, 0.3) is 0 Å². The van der Waals surface area contributed by atoms with Crippen LogP contribution in [-0.4, -0.2) is 56.6 Å². The van der Waals surface area contributed by atoms with Gasteiger partial charge in [-0.3, -0.25) is 13.9 Å². The standard InChI is InChI=1S/C34H42BrN3O5S/c1-3-43-31-20-18-30(19-21-31)38(44(2,41)42)22-10-17-33(39)37(25-27-13-9-14-28(35)23-27)32(24-26-11-5-4-6-12-26)34(40)36-29-15-7-8-16-29/h4-6,9,11-14,18-21,23,29,32H,3,7-8,10,15-17,22,24-25H2,1-2H3,(H,36,40). The highest BCUT2D eigenvalue weighted by Gasteiger charge is 2.32. The van der Waals surface area contributed by atoms with Crippen LogP contribution in [0.15, 0.2) is 83.3 Å². The molecule has 3 aromatic rings. The Hall–Kier alpha value is -3.37. The molecule has 1 fully saturated rings. The van der Waals surface area contributed by atoms with E-state index < -0.39 is 16.1 Å². The molecule has 1 unspecified atom stereocenters. The van der Waals surface area contributed by atoms with Gasteiger partial charge in [-0.15, -0.1) is 0 Å². The Morgan fingerprint density at radius 2 is 1.66 bits per heavy atom. The molecule has 236 valence electrons. The number of anilines is 1. The van der Waals surface area contributed by atoms with Gasteiger partial charge in [0.05, 0.1) is 18.6 Å². The number of hydrogen-bond donors (Lipinski definition) is 1. The first kappa shape index (κ1) is 33.5. The molecule has 0 saturated heterocycles. The molecular weight excluding hydrogens is 642 g/mol. The predicted octanol–water partition coefficient (Wildman–Crippen LogP) is 6.09. The molecule has 0 radical (unpaired) electrons. The maximum atomic E-state index is 14.0. The van der Waals surface area contributed by atoms with Gasteiger partial charge in [0.25, 0.3) is 0 Å². The van der Waals surface area contributed by atoms with Crippen LogP contribution in [0.5, 0.6) is 5.75 Å². The van der Waals surface area contributed by atoms with Crippen molar-refractivity contribution in [2.75, 3.05) is 23.7 Å². The summed E-state index contributed by atoms with van der Waals surface area (Å²) in [5, 5.41) is 3.22. The van der Waals surface area contributed by atoms with E-state index >= 15 is 0 Å². The fraction of sp³-hybridized carbons (Fsp3) is 0.412. The van der Waals surface area contributed by atoms with Crippen molar-refractivity contribution in [3.63, 3.8) is 0 Å². The zero-order chi connectivity index (χ0) is 31.5. The quantitative estimate of drug-likeness (QED) is 0.209. The van der Waals surface area contributed by atoms with E-state index in [1.54, 1.807) is 29.2 Å². The van der Waals surface area contributed by atoms with E-state index in [4.69, 9.17) is 4.74 Å². The van der Waals surface area contributed by atoms with Gasteiger partial charge in [-0.25, -0.2) is 8.42 Å². The van der Waals surface area contributed by atoms with Crippen molar-refractivity contribution in [2.24, 2.45) is 0 Å². The van der Waals surface area contributed by atoms with Crippen molar-refractivity contribution in [2.45, 2.75) is 70.5 Å². The number of halogens is 1. The van der Waals surface area contributed by atoms with E-state index in [9.17, 15) is 18.0 Å². The van der Waals surface area contributed by atoms with Gasteiger partial charge in [0, 0.05) is 36.4 Å². The second-order valence-electron chi connectivity index (χ2n) is 11.2. The molecule has 0 bridgehead atoms. The Balaban J connectivity index is 1.57. The maximum Gasteiger partial charge on any atom is 0.243 e. The number of amides is 2. The molecule has 8 nitrogen and oxygen atoms in total. The molecule has 10 heteroatoms. The summed E-state index contributed by atoms with van der Waals surface area (Å²) in [5.41, 5.74) is 2.36. The number of benzene rings is 3. The first-order valence-electron chi connectivity index (χ1n) is 15.2. The van der Waals surface area contributed by atoms with E-state index in [1.807, 2.05) is 61.5 Å². The van der Waals surface area contributed by atoms with Gasteiger partial charge < -0.3 is 15.0 Å². The molecule has 0 heterocycles. The number of rotatable bonds is 15. The van der Waals surface area contributed by atoms with Gasteiger partial charge in [-0.1, -0.05) is 71.2 Å². The monoisotopic (exact) mass is 683 g/mol. The second kappa shape index (κ2) is 16.1. The van der Waals surface area contributed by atoms with E-state index in [2.05, 4.69) is 21.2 Å². The summed E-state index contributed by atoms with van der Waals surface area (Å²) in [5.74, 6) is 0.298. The minimum absolute atomic E-state index is 0.0824. The second-order valence-corrected chi connectivity index (χ2v) is 14.0. The minimum atomic E-state index is -3.60. The highest BCUT2D eigenvalue weighted by atomic mass is 79.9. The molecule has 1 N–H and O–H groups in total. The van der Waals surface area contributed by atoms with Crippen molar-refractivity contribution >= 4 is 43.5 Å². The van der Waals surface area contributed by atoms with E-state index in [-0.39, 0.29) is 43.8 Å². The third-order valence-corrected chi connectivity index (χ3v) is 9.49. The van der Waals surface area contributed by atoms with Crippen molar-refractivity contribution in [1.82, 2.24) is 10.2 Å². The highest BCUT2D eigenvalue weighted by Crippen LogP contribution is 2.24. The Bertz CT molecular complexity index is 1480. The number of sulfonamides is 1. The molecule has 44 heavy (non-hydrogen) atoms. The average molecular weight is 685 g/mol. The zero-order valence-electron chi connectivity index (χ0n) is 25.5. The summed E-state index contributed by atoms with van der Waals surface area (Å²) in [6.45, 7) is 2.78. The van der Waals surface area contributed by atoms with Crippen LogP contribution < -0.4 is 14.4 Å². The Morgan fingerprint density at radius 3 is 2.30 bits per heavy atom. The molecule has 1 atom stereocenters. The first-order valence-corrected chi connectivity index (χ1v) is 17.9. The Kier molecular flexibility index (Phi) is 12.3. The fourth-order valence-electron chi connectivity index (χ4n) is 5.63. The normalized spacial score (nSPS) is 14.2. The third kappa shape index (κ3) is 9.82. The van der Waals surface area contributed by atoms with Crippen molar-refractivity contribution < 1.29 is 22.7 Å². The van der Waals surface area contributed by atoms with Crippen molar-refractivity contribution in [3.05, 3.63) is 94.5 Å². The maximum absolute atomic E-state index is 14.0. The van der Waals surface area contributed by atoms with E-state index in [1.165, 1.54) is 4.31 Å². The lowest BCUT2D eigenvalue weighted by atomic mass is 10.0. The SMILES string of the molecule is CCOc1ccc(N(CCCC(=O)N(Cc2cccc(Br)c2)C(Cc2ccccc2)C(=O)NC2CCCC2)S(C)(=O)=O)cc1. The molecule has 0 aromatic heterocycles. The average Bonchev–Trinajstić information content (AvgIpc) is 3.51. The molecule has 4 rings (SSSR count). The first-order chi connectivity index (χ1) is 21.1. The van der Waals surface area contributed by atoms with Crippen LogP contribution in [0.3, 0.4) is 0 Å². The van der Waals surface area contributed by atoms with E-state index in [0.717, 1.165) is 47.5 Å². The number of hydrogen-bond acceptors (Lipinski definition) is 5. The number of nitrogens with zero attached hydrogens (tertiary/aromatic N) is 2. The fourth-order valence-corrected chi connectivity index (χ4v) is 7.04. The number of nitrogens with one attached hydrogen (secondary N) is 1. The molecule has 3 aromatic carbocycles. The van der Waals surface area contributed by atoms with Crippen LogP contribution >= 0.6 is 15.9 Å². The number of ether oxygens (including phenoxy) is 1. The van der Waals surface area contributed by atoms with Gasteiger partial charge in [0.15, 0.2) is 0 Å². The van der Waals surface area contributed by atoms with Gasteiger partial charge in [-0.05, 0) is 73.7 Å². The number of carbonyl (C=O) groups excluding carboxylic acids is 2. The van der Waals surface area contributed by atoms with Crippen molar-refractivity contribution in [3.8, 4) is 5.75 Å². The topological polar surface area (TPSA) is 96.0 Å². The molecule has 1 aliphatic carbocycles. The largest absolute Gasteiger partial charge is 0.494 e. The third-order valence-electron chi connectivity index (χ3n) is 7.80.